The molecule has 1 aromatic carbocycles. The standard InChI is InChI=1S/C15H22BrNO3/c1-15(2,7-8-19-3)10-17-14(18)12-9-11(20-4)5-6-13(12)16/h5-6,9H,7-8,10H2,1-4H3,(H,17,18). The van der Waals surface area contributed by atoms with Gasteiger partial charge in [0.25, 0.3) is 5.91 Å². The second kappa shape index (κ2) is 7.64. The highest BCUT2D eigenvalue weighted by Gasteiger charge is 2.20. The highest BCUT2D eigenvalue weighted by molar-refractivity contribution is 9.10. The van der Waals surface area contributed by atoms with Gasteiger partial charge in [-0.15, -0.1) is 0 Å². The van der Waals surface area contributed by atoms with Crippen LogP contribution in [0.1, 0.15) is 30.6 Å². The van der Waals surface area contributed by atoms with Gasteiger partial charge >= 0.3 is 0 Å². The highest BCUT2D eigenvalue weighted by Crippen LogP contribution is 2.23. The molecule has 0 unspecified atom stereocenters. The molecule has 5 heteroatoms. The van der Waals surface area contributed by atoms with E-state index >= 15 is 0 Å². The van der Waals surface area contributed by atoms with E-state index < -0.39 is 0 Å². The van der Waals surface area contributed by atoms with E-state index in [1.165, 1.54) is 0 Å². The molecule has 0 bridgehead atoms. The van der Waals surface area contributed by atoms with E-state index in [1.807, 2.05) is 12.1 Å². The molecule has 1 aromatic rings. The number of benzene rings is 1. The number of ether oxygens (including phenoxy) is 2. The molecule has 0 atom stereocenters. The lowest BCUT2D eigenvalue weighted by molar-refractivity contribution is 0.0920. The third kappa shape index (κ3) is 5.13. The minimum Gasteiger partial charge on any atom is -0.497 e. The van der Waals surface area contributed by atoms with Crippen LogP contribution in [-0.4, -0.2) is 33.3 Å². The average Bonchev–Trinajstić information content (AvgIpc) is 2.43. The predicted octanol–water partition coefficient (Wildman–Crippen LogP) is 3.25. The van der Waals surface area contributed by atoms with Gasteiger partial charge in [-0.1, -0.05) is 13.8 Å². The SMILES string of the molecule is COCCC(C)(C)CNC(=O)c1cc(OC)ccc1Br. The van der Waals surface area contributed by atoms with Crippen molar-refractivity contribution in [3.05, 3.63) is 28.2 Å². The van der Waals surface area contributed by atoms with Gasteiger partial charge < -0.3 is 14.8 Å². The normalized spacial score (nSPS) is 11.2. The minimum atomic E-state index is -0.110. The maximum Gasteiger partial charge on any atom is 0.252 e. The van der Waals surface area contributed by atoms with Crippen LogP contribution in [0.15, 0.2) is 22.7 Å². The Morgan fingerprint density at radius 2 is 2.05 bits per heavy atom. The number of nitrogens with one attached hydrogen (secondary N) is 1. The third-order valence-corrected chi connectivity index (χ3v) is 3.82. The monoisotopic (exact) mass is 343 g/mol. The number of rotatable bonds is 7. The fourth-order valence-electron chi connectivity index (χ4n) is 1.69. The van der Waals surface area contributed by atoms with Crippen molar-refractivity contribution in [1.29, 1.82) is 0 Å². The summed E-state index contributed by atoms with van der Waals surface area (Å²) in [5, 5.41) is 2.96. The van der Waals surface area contributed by atoms with Crippen molar-refractivity contribution < 1.29 is 14.3 Å². The Labute approximate surface area is 129 Å². The van der Waals surface area contributed by atoms with Crippen molar-refractivity contribution in [1.82, 2.24) is 5.32 Å². The molecule has 0 saturated heterocycles. The van der Waals surface area contributed by atoms with Crippen LogP contribution in [0.4, 0.5) is 0 Å². The van der Waals surface area contributed by atoms with Crippen LogP contribution in [0.25, 0.3) is 0 Å². The number of halogens is 1. The summed E-state index contributed by atoms with van der Waals surface area (Å²) in [7, 11) is 3.26. The summed E-state index contributed by atoms with van der Waals surface area (Å²) in [6.07, 6.45) is 0.892. The van der Waals surface area contributed by atoms with E-state index in [0.717, 1.165) is 10.9 Å². The lowest BCUT2D eigenvalue weighted by Crippen LogP contribution is -2.34. The summed E-state index contributed by atoms with van der Waals surface area (Å²) in [4.78, 5) is 12.2. The molecule has 0 fully saturated rings. The summed E-state index contributed by atoms with van der Waals surface area (Å²) in [6.45, 7) is 5.49. The Hall–Kier alpha value is -1.07. The van der Waals surface area contributed by atoms with Crippen LogP contribution < -0.4 is 10.1 Å². The largest absolute Gasteiger partial charge is 0.497 e. The first-order chi connectivity index (χ1) is 9.39. The van der Waals surface area contributed by atoms with E-state index in [-0.39, 0.29) is 11.3 Å². The van der Waals surface area contributed by atoms with E-state index in [4.69, 9.17) is 9.47 Å². The average molecular weight is 344 g/mol. The zero-order chi connectivity index (χ0) is 15.2. The van der Waals surface area contributed by atoms with Crippen LogP contribution in [0.2, 0.25) is 0 Å². The summed E-state index contributed by atoms with van der Waals surface area (Å²) in [5.41, 5.74) is 0.573. The molecule has 0 radical (unpaired) electrons. The molecule has 112 valence electrons. The first-order valence-electron chi connectivity index (χ1n) is 6.50. The third-order valence-electron chi connectivity index (χ3n) is 3.13. The Morgan fingerprint density at radius 3 is 2.65 bits per heavy atom. The van der Waals surface area contributed by atoms with Crippen LogP contribution in [0, 0.1) is 5.41 Å². The molecule has 0 aliphatic carbocycles. The number of carbonyl (C=O) groups excluding carboxylic acids is 1. The molecule has 1 N–H and O–H groups in total. The number of methoxy groups -OCH3 is 2. The minimum absolute atomic E-state index is 0.00296. The number of hydrogen-bond donors (Lipinski definition) is 1. The Balaban J connectivity index is 2.67. The summed E-state index contributed by atoms with van der Waals surface area (Å²) >= 11 is 3.39. The molecular weight excluding hydrogens is 322 g/mol. The van der Waals surface area contributed by atoms with Gasteiger partial charge in [-0.05, 0) is 46.0 Å². The van der Waals surface area contributed by atoms with Gasteiger partial charge in [0.15, 0.2) is 0 Å². The van der Waals surface area contributed by atoms with Gasteiger partial charge in [0, 0.05) is 24.7 Å². The quantitative estimate of drug-likeness (QED) is 0.826. The molecule has 0 saturated carbocycles. The smallest absolute Gasteiger partial charge is 0.252 e. The lowest BCUT2D eigenvalue weighted by atomic mass is 9.89. The Morgan fingerprint density at radius 1 is 1.35 bits per heavy atom. The zero-order valence-corrected chi connectivity index (χ0v) is 14.0. The predicted molar refractivity (Wildman–Crippen MR) is 83.3 cm³/mol. The van der Waals surface area contributed by atoms with Gasteiger partial charge in [0.2, 0.25) is 0 Å². The molecule has 1 rings (SSSR count). The second-order valence-corrected chi connectivity index (χ2v) is 6.29. The number of hydrogen-bond acceptors (Lipinski definition) is 3. The molecule has 0 spiro atoms. The molecule has 0 aliphatic heterocycles. The maximum atomic E-state index is 12.2. The van der Waals surface area contributed by atoms with Crippen molar-refractivity contribution in [2.24, 2.45) is 5.41 Å². The van der Waals surface area contributed by atoms with Crippen molar-refractivity contribution in [3.8, 4) is 5.75 Å². The molecule has 0 heterocycles. The molecule has 4 nitrogen and oxygen atoms in total. The first kappa shape index (κ1) is 17.0. The van der Waals surface area contributed by atoms with Crippen molar-refractivity contribution in [2.45, 2.75) is 20.3 Å². The van der Waals surface area contributed by atoms with E-state index in [1.54, 1.807) is 20.3 Å². The van der Waals surface area contributed by atoms with Crippen LogP contribution in [-0.2, 0) is 4.74 Å². The van der Waals surface area contributed by atoms with Gasteiger partial charge in [-0.3, -0.25) is 4.79 Å². The fraction of sp³-hybridized carbons (Fsp3) is 0.533. The number of amides is 1. The van der Waals surface area contributed by atoms with Gasteiger partial charge in [-0.2, -0.15) is 0 Å². The van der Waals surface area contributed by atoms with E-state index in [2.05, 4.69) is 35.1 Å². The zero-order valence-electron chi connectivity index (χ0n) is 12.5. The molecule has 0 aliphatic rings. The summed E-state index contributed by atoms with van der Waals surface area (Å²) in [6, 6.07) is 5.34. The summed E-state index contributed by atoms with van der Waals surface area (Å²) in [5.74, 6) is 0.554. The van der Waals surface area contributed by atoms with Gasteiger partial charge in [0.1, 0.15) is 5.75 Å². The van der Waals surface area contributed by atoms with Crippen molar-refractivity contribution in [2.75, 3.05) is 27.4 Å². The maximum absolute atomic E-state index is 12.2. The fourth-order valence-corrected chi connectivity index (χ4v) is 2.11. The van der Waals surface area contributed by atoms with Gasteiger partial charge in [0.05, 0.1) is 12.7 Å². The van der Waals surface area contributed by atoms with Crippen molar-refractivity contribution in [3.63, 3.8) is 0 Å². The summed E-state index contributed by atoms with van der Waals surface area (Å²) < 4.78 is 11.0. The molecule has 20 heavy (non-hydrogen) atoms. The van der Waals surface area contributed by atoms with Crippen LogP contribution in [0.3, 0.4) is 0 Å². The van der Waals surface area contributed by atoms with Crippen LogP contribution in [0.5, 0.6) is 5.75 Å². The lowest BCUT2D eigenvalue weighted by Gasteiger charge is -2.24. The first-order valence-corrected chi connectivity index (χ1v) is 7.29. The highest BCUT2D eigenvalue weighted by atomic mass is 79.9. The second-order valence-electron chi connectivity index (χ2n) is 5.44. The Kier molecular flexibility index (Phi) is 6.49. The van der Waals surface area contributed by atoms with Crippen LogP contribution >= 0.6 is 15.9 Å². The molecule has 0 aromatic heterocycles. The molecule has 1 amide bonds. The number of carbonyl (C=O) groups is 1. The van der Waals surface area contributed by atoms with Gasteiger partial charge in [-0.25, -0.2) is 0 Å². The van der Waals surface area contributed by atoms with Crippen molar-refractivity contribution >= 4 is 21.8 Å². The van der Waals surface area contributed by atoms with E-state index in [0.29, 0.717) is 24.5 Å². The molecular formula is C15H22BrNO3. The Bertz CT molecular complexity index is 460. The topological polar surface area (TPSA) is 47.6 Å². The van der Waals surface area contributed by atoms with E-state index in [9.17, 15) is 4.79 Å².